The number of hydrogen-bond acceptors (Lipinski definition) is 4. The van der Waals surface area contributed by atoms with E-state index in [9.17, 15) is 0 Å². The molecule has 0 aliphatic carbocycles. The van der Waals surface area contributed by atoms with E-state index >= 15 is 0 Å². The number of aromatic nitrogens is 2. The van der Waals surface area contributed by atoms with E-state index in [1.54, 1.807) is 0 Å². The predicted octanol–water partition coefficient (Wildman–Crippen LogP) is 3.27. The van der Waals surface area contributed by atoms with Crippen LogP contribution in [0.5, 0.6) is 0 Å². The van der Waals surface area contributed by atoms with Gasteiger partial charge in [-0.25, -0.2) is 4.98 Å². The maximum atomic E-state index is 6.20. The van der Waals surface area contributed by atoms with Gasteiger partial charge in [-0.3, -0.25) is 0 Å². The minimum absolute atomic E-state index is 0.0845. The molecule has 116 valence electrons. The van der Waals surface area contributed by atoms with Gasteiger partial charge in [-0.1, -0.05) is 12.2 Å². The molecule has 1 aromatic carbocycles. The summed E-state index contributed by atoms with van der Waals surface area (Å²) >= 11 is 0. The number of aromatic amines is 1. The topological polar surface area (TPSA) is 78.8 Å². The molecule has 2 bridgehead atoms. The van der Waals surface area contributed by atoms with Crippen LogP contribution in [0.25, 0.3) is 11.3 Å². The maximum Gasteiger partial charge on any atom is 0.123 e. The van der Waals surface area contributed by atoms with Crippen LogP contribution in [0, 0.1) is 0 Å². The van der Waals surface area contributed by atoms with Crippen molar-refractivity contribution >= 4 is 11.4 Å². The van der Waals surface area contributed by atoms with Crippen molar-refractivity contribution in [2.45, 2.75) is 25.3 Å². The number of H-pyrrole nitrogens is 1. The highest BCUT2D eigenvalue weighted by Gasteiger charge is 2.13. The summed E-state index contributed by atoms with van der Waals surface area (Å²) in [5, 5.41) is 6.72. The average Bonchev–Trinajstić information content (AvgIpc) is 3.03. The van der Waals surface area contributed by atoms with Crippen LogP contribution in [-0.2, 0) is 0 Å². The Morgan fingerprint density at radius 1 is 1.32 bits per heavy atom. The Balaban J connectivity index is 2.00. The number of allylic oxidation sites excluding steroid dienone is 1. The Morgan fingerprint density at radius 2 is 2.23 bits per heavy atom. The van der Waals surface area contributed by atoms with Gasteiger partial charge >= 0.3 is 0 Å². The molecule has 0 unspecified atom stereocenters. The van der Waals surface area contributed by atoms with Crippen molar-refractivity contribution in [3.8, 4) is 11.3 Å². The molecule has 5 N–H and O–H groups in total. The van der Waals surface area contributed by atoms with Crippen LogP contribution in [0.4, 0.5) is 11.4 Å². The molecule has 2 heterocycles. The molecular formula is C17H23N5. The fourth-order valence-electron chi connectivity index (χ4n) is 2.66. The quantitative estimate of drug-likeness (QED) is 0.609. The first kappa shape index (κ1) is 14.7. The van der Waals surface area contributed by atoms with E-state index < -0.39 is 0 Å². The number of imidazole rings is 1. The first-order valence-corrected chi connectivity index (χ1v) is 7.79. The summed E-state index contributed by atoms with van der Waals surface area (Å²) in [6.07, 6.45) is 9.19. The Hall–Kier alpha value is -2.27. The smallest absolute Gasteiger partial charge is 0.123 e. The molecule has 22 heavy (non-hydrogen) atoms. The zero-order valence-corrected chi connectivity index (χ0v) is 12.9. The number of nitrogens with zero attached hydrogens (tertiary/aromatic N) is 1. The number of hydrogen-bond donors (Lipinski definition) is 4. The Kier molecular flexibility index (Phi) is 4.44. The van der Waals surface area contributed by atoms with E-state index in [4.69, 9.17) is 5.73 Å². The lowest BCUT2D eigenvalue weighted by Gasteiger charge is -2.13. The van der Waals surface area contributed by atoms with Gasteiger partial charge < -0.3 is 21.4 Å². The van der Waals surface area contributed by atoms with E-state index in [0.717, 1.165) is 54.3 Å². The molecule has 0 radical (unpaired) electrons. The standard InChI is InChI=1S/C17H23N5/c1-19-12-7-8-13-15(10-12)20-9-5-3-2-4-6-14(18)17-21-11-16(13)22-17/h2,4,7-8,10-11,14,19-20H,3,5-6,9,18H2,1H3,(H,21,22)/b4-2-/t14-/m0/s1. The van der Waals surface area contributed by atoms with Crippen LogP contribution in [0.1, 0.15) is 31.1 Å². The molecule has 1 atom stereocenters. The third-order valence-corrected chi connectivity index (χ3v) is 3.96. The highest BCUT2D eigenvalue weighted by Crippen LogP contribution is 2.30. The number of nitrogens with two attached hydrogens (primary N) is 1. The molecule has 2 aromatic rings. The highest BCUT2D eigenvalue weighted by atomic mass is 15.0. The second kappa shape index (κ2) is 6.66. The zero-order valence-electron chi connectivity index (χ0n) is 12.9. The lowest BCUT2D eigenvalue weighted by atomic mass is 10.1. The van der Waals surface area contributed by atoms with Crippen LogP contribution in [0.2, 0.25) is 0 Å². The van der Waals surface area contributed by atoms with Crippen LogP contribution in [0.3, 0.4) is 0 Å². The van der Waals surface area contributed by atoms with Gasteiger partial charge in [0, 0.05) is 30.5 Å². The van der Waals surface area contributed by atoms with Crippen molar-refractivity contribution in [2.75, 3.05) is 24.2 Å². The fourth-order valence-corrected chi connectivity index (χ4v) is 2.66. The van der Waals surface area contributed by atoms with E-state index in [2.05, 4.69) is 51.0 Å². The predicted molar refractivity (Wildman–Crippen MR) is 92.0 cm³/mol. The van der Waals surface area contributed by atoms with Gasteiger partial charge in [0.2, 0.25) is 0 Å². The third kappa shape index (κ3) is 3.14. The normalized spacial score (nSPS) is 19.8. The SMILES string of the molecule is CNc1ccc2c(c1)NCCC/C=C\C[C@H](N)c1ncc-2[nH]1. The first-order chi connectivity index (χ1) is 10.8. The summed E-state index contributed by atoms with van der Waals surface area (Å²) in [4.78, 5) is 7.81. The molecule has 0 saturated carbocycles. The molecule has 0 saturated heterocycles. The Labute approximate surface area is 131 Å². The Bertz CT molecular complexity index is 659. The van der Waals surface area contributed by atoms with Gasteiger partial charge in [-0.05, 0) is 37.5 Å². The van der Waals surface area contributed by atoms with Crippen LogP contribution < -0.4 is 16.4 Å². The largest absolute Gasteiger partial charge is 0.388 e. The van der Waals surface area contributed by atoms with Gasteiger partial charge in [0.15, 0.2) is 0 Å². The second-order valence-electron chi connectivity index (χ2n) is 5.58. The van der Waals surface area contributed by atoms with Crippen molar-refractivity contribution in [3.05, 3.63) is 42.4 Å². The maximum absolute atomic E-state index is 6.20. The monoisotopic (exact) mass is 297 g/mol. The number of fused-ring (bicyclic) bond motifs is 4. The minimum atomic E-state index is -0.0845. The number of anilines is 2. The molecular weight excluding hydrogens is 274 g/mol. The summed E-state index contributed by atoms with van der Waals surface area (Å²) in [5.74, 6) is 0.836. The van der Waals surface area contributed by atoms with Crippen molar-refractivity contribution in [2.24, 2.45) is 5.73 Å². The molecule has 0 fully saturated rings. The van der Waals surface area contributed by atoms with Crippen LogP contribution in [0.15, 0.2) is 36.5 Å². The van der Waals surface area contributed by atoms with Crippen LogP contribution >= 0.6 is 0 Å². The van der Waals surface area contributed by atoms with Crippen molar-refractivity contribution in [1.29, 1.82) is 0 Å². The van der Waals surface area contributed by atoms with Gasteiger partial charge in [-0.15, -0.1) is 0 Å². The summed E-state index contributed by atoms with van der Waals surface area (Å²) in [6, 6.07) is 6.22. The summed E-state index contributed by atoms with van der Waals surface area (Å²) in [5.41, 5.74) is 10.5. The molecule has 1 aliphatic rings. The van der Waals surface area contributed by atoms with Crippen LogP contribution in [-0.4, -0.2) is 23.6 Å². The Morgan fingerprint density at radius 3 is 3.09 bits per heavy atom. The molecule has 3 rings (SSSR count). The molecule has 0 spiro atoms. The van der Waals surface area contributed by atoms with Crippen molar-refractivity contribution in [3.63, 3.8) is 0 Å². The molecule has 0 amide bonds. The van der Waals surface area contributed by atoms with Gasteiger partial charge in [0.1, 0.15) is 5.82 Å². The summed E-state index contributed by atoms with van der Waals surface area (Å²) in [6.45, 7) is 0.942. The fraction of sp³-hybridized carbons (Fsp3) is 0.353. The average molecular weight is 297 g/mol. The van der Waals surface area contributed by atoms with Gasteiger partial charge in [-0.2, -0.15) is 0 Å². The van der Waals surface area contributed by atoms with Gasteiger partial charge in [0.05, 0.1) is 17.9 Å². The lowest BCUT2D eigenvalue weighted by molar-refractivity contribution is 0.691. The molecule has 5 nitrogen and oxygen atoms in total. The van der Waals surface area contributed by atoms with Crippen molar-refractivity contribution in [1.82, 2.24) is 9.97 Å². The first-order valence-electron chi connectivity index (χ1n) is 7.79. The number of benzene rings is 1. The van der Waals surface area contributed by atoms with E-state index in [1.807, 2.05) is 13.2 Å². The zero-order chi connectivity index (χ0) is 15.4. The van der Waals surface area contributed by atoms with E-state index in [0.29, 0.717) is 0 Å². The molecule has 1 aromatic heterocycles. The summed E-state index contributed by atoms with van der Waals surface area (Å²) < 4.78 is 0. The van der Waals surface area contributed by atoms with E-state index in [1.165, 1.54) is 0 Å². The molecule has 1 aliphatic heterocycles. The summed E-state index contributed by atoms with van der Waals surface area (Å²) in [7, 11) is 1.93. The van der Waals surface area contributed by atoms with E-state index in [-0.39, 0.29) is 6.04 Å². The van der Waals surface area contributed by atoms with Crippen molar-refractivity contribution < 1.29 is 0 Å². The lowest BCUT2D eigenvalue weighted by Crippen LogP contribution is -2.10. The number of nitrogens with one attached hydrogen (secondary N) is 3. The highest BCUT2D eigenvalue weighted by molar-refractivity contribution is 5.78. The molecule has 5 heteroatoms. The van der Waals surface area contributed by atoms with Gasteiger partial charge in [0.25, 0.3) is 0 Å². The second-order valence-corrected chi connectivity index (χ2v) is 5.58. The number of rotatable bonds is 1. The third-order valence-electron chi connectivity index (χ3n) is 3.96. The minimum Gasteiger partial charge on any atom is -0.388 e.